The number of hydrogen-bond acceptors (Lipinski definition) is 2. The van der Waals surface area contributed by atoms with Crippen molar-refractivity contribution >= 4 is 10.8 Å². The topological polar surface area (TPSA) is 33.1 Å². The first-order chi connectivity index (χ1) is 14.5. The highest BCUT2D eigenvalue weighted by Gasteiger charge is 2.56. The summed E-state index contributed by atoms with van der Waals surface area (Å²) < 4.78 is 0. The van der Waals surface area contributed by atoms with Crippen LogP contribution in [0, 0.1) is 35.0 Å². The van der Waals surface area contributed by atoms with E-state index in [2.05, 4.69) is 49.2 Å². The van der Waals surface area contributed by atoms with Crippen molar-refractivity contribution in [2.75, 3.05) is 0 Å². The minimum absolute atomic E-state index is 0.105. The molecule has 158 valence electrons. The standard InChI is InChI=1S/C28H35NO/c1-17-13-22(30)15-20-5-6-23-24(27(17)20)9-11-28(2)25(7-8-26(23)28)19-4-3-18-10-12-29-16-21(18)14-19/h3-5,10,12,14,16-17,22-27,30H,6-9,11,13,15H2,1-2H3/t17-,22+,23-,24+,25-,26+,27?,28-/m1/s1. The molecule has 1 heterocycles. The highest BCUT2D eigenvalue weighted by molar-refractivity contribution is 5.82. The molecule has 0 bridgehead atoms. The van der Waals surface area contributed by atoms with E-state index in [1.807, 2.05) is 12.4 Å². The molecule has 4 aliphatic rings. The molecule has 1 N–H and O–H groups in total. The largest absolute Gasteiger partial charge is 0.393 e. The number of fused-ring (bicyclic) bond motifs is 6. The summed E-state index contributed by atoms with van der Waals surface area (Å²) in [5.41, 5.74) is 3.57. The summed E-state index contributed by atoms with van der Waals surface area (Å²) in [6.07, 6.45) is 15.0. The van der Waals surface area contributed by atoms with Gasteiger partial charge in [-0.3, -0.25) is 4.98 Å². The van der Waals surface area contributed by atoms with E-state index in [1.54, 1.807) is 11.1 Å². The third-order valence-corrected chi connectivity index (χ3v) is 9.83. The predicted molar refractivity (Wildman–Crippen MR) is 122 cm³/mol. The Balaban J connectivity index is 1.32. The maximum absolute atomic E-state index is 10.3. The van der Waals surface area contributed by atoms with Crippen LogP contribution in [0.1, 0.15) is 70.3 Å². The van der Waals surface area contributed by atoms with Crippen LogP contribution in [0.15, 0.2) is 48.3 Å². The van der Waals surface area contributed by atoms with Crippen LogP contribution in [0.5, 0.6) is 0 Å². The molecule has 1 aromatic heterocycles. The van der Waals surface area contributed by atoms with Crippen molar-refractivity contribution in [2.24, 2.45) is 35.0 Å². The number of aliphatic hydroxyl groups is 1. The van der Waals surface area contributed by atoms with Crippen LogP contribution in [0.3, 0.4) is 0 Å². The Hall–Kier alpha value is -1.67. The van der Waals surface area contributed by atoms with Gasteiger partial charge in [0.1, 0.15) is 0 Å². The van der Waals surface area contributed by atoms with Gasteiger partial charge in [-0.15, -0.1) is 0 Å². The summed E-state index contributed by atoms with van der Waals surface area (Å²) in [5.74, 6) is 4.61. The fourth-order valence-corrected chi connectivity index (χ4v) is 8.61. The fraction of sp³-hybridized carbons (Fsp3) is 0.607. The van der Waals surface area contributed by atoms with Gasteiger partial charge in [-0.05, 0) is 109 Å². The molecule has 30 heavy (non-hydrogen) atoms. The lowest BCUT2D eigenvalue weighted by Crippen LogP contribution is -2.47. The minimum Gasteiger partial charge on any atom is -0.393 e. The number of aliphatic hydroxyl groups excluding tert-OH is 1. The Kier molecular flexibility index (Phi) is 4.39. The second-order valence-electron chi connectivity index (χ2n) is 11.2. The predicted octanol–water partition coefficient (Wildman–Crippen LogP) is 6.50. The summed E-state index contributed by atoms with van der Waals surface area (Å²) >= 11 is 0. The Bertz CT molecular complexity index is 995. The molecule has 6 rings (SSSR count). The van der Waals surface area contributed by atoms with Gasteiger partial charge in [0.15, 0.2) is 0 Å². The zero-order valence-corrected chi connectivity index (χ0v) is 18.4. The van der Waals surface area contributed by atoms with Gasteiger partial charge in [0.05, 0.1) is 6.10 Å². The highest BCUT2D eigenvalue weighted by atomic mass is 16.3. The maximum atomic E-state index is 10.3. The lowest BCUT2D eigenvalue weighted by molar-refractivity contribution is -0.0207. The van der Waals surface area contributed by atoms with Gasteiger partial charge in [-0.2, -0.15) is 0 Å². The molecule has 0 spiro atoms. The number of pyridine rings is 1. The average Bonchev–Trinajstić information content (AvgIpc) is 3.10. The zero-order chi connectivity index (χ0) is 20.5. The maximum Gasteiger partial charge on any atom is 0.0580 e. The van der Waals surface area contributed by atoms with Crippen molar-refractivity contribution in [1.29, 1.82) is 0 Å². The van der Waals surface area contributed by atoms with Crippen molar-refractivity contribution in [3.05, 3.63) is 53.9 Å². The van der Waals surface area contributed by atoms with Crippen LogP contribution >= 0.6 is 0 Å². The van der Waals surface area contributed by atoms with Gasteiger partial charge in [0.25, 0.3) is 0 Å². The molecule has 0 amide bonds. The zero-order valence-electron chi connectivity index (χ0n) is 18.4. The first kappa shape index (κ1) is 19.0. The number of aromatic nitrogens is 1. The van der Waals surface area contributed by atoms with Crippen molar-refractivity contribution in [3.8, 4) is 0 Å². The van der Waals surface area contributed by atoms with E-state index >= 15 is 0 Å². The van der Waals surface area contributed by atoms with E-state index in [1.165, 1.54) is 42.9 Å². The number of hydrogen-bond donors (Lipinski definition) is 1. The number of nitrogens with zero attached hydrogens (tertiary/aromatic N) is 1. The van der Waals surface area contributed by atoms with E-state index in [0.29, 0.717) is 17.3 Å². The third-order valence-electron chi connectivity index (χ3n) is 9.83. The Morgan fingerprint density at radius 3 is 2.87 bits per heavy atom. The first-order valence-corrected chi connectivity index (χ1v) is 12.3. The molecule has 1 unspecified atom stereocenters. The average molecular weight is 402 g/mol. The summed E-state index contributed by atoms with van der Waals surface area (Å²) in [4.78, 5) is 4.36. The van der Waals surface area contributed by atoms with Crippen LogP contribution < -0.4 is 0 Å². The highest BCUT2D eigenvalue weighted by Crippen LogP contribution is 2.66. The third kappa shape index (κ3) is 2.75. The monoisotopic (exact) mass is 401 g/mol. The van der Waals surface area contributed by atoms with E-state index in [9.17, 15) is 5.11 Å². The Labute approximate surface area is 180 Å². The number of rotatable bonds is 1. The molecular weight excluding hydrogens is 366 g/mol. The SMILES string of the molecule is C[C@@H]1C[C@H](O)CC2=CC[C@@H]3[C@H](CC[C@]4(C)[C@@H](c5ccc6ccncc6c5)CC[C@@H]34)C21. The van der Waals surface area contributed by atoms with Gasteiger partial charge in [0, 0.05) is 17.8 Å². The van der Waals surface area contributed by atoms with Crippen LogP contribution in [0.2, 0.25) is 0 Å². The van der Waals surface area contributed by atoms with Gasteiger partial charge < -0.3 is 5.11 Å². The number of benzene rings is 1. The van der Waals surface area contributed by atoms with E-state index in [4.69, 9.17) is 0 Å². The number of allylic oxidation sites excluding steroid dienone is 1. The molecule has 3 saturated carbocycles. The van der Waals surface area contributed by atoms with Crippen LogP contribution in [0.4, 0.5) is 0 Å². The molecule has 3 fully saturated rings. The molecule has 4 aliphatic carbocycles. The van der Waals surface area contributed by atoms with Gasteiger partial charge in [-0.25, -0.2) is 0 Å². The van der Waals surface area contributed by atoms with E-state index in [0.717, 1.165) is 36.5 Å². The molecule has 2 heteroatoms. The van der Waals surface area contributed by atoms with Crippen molar-refractivity contribution < 1.29 is 5.11 Å². The van der Waals surface area contributed by atoms with Crippen molar-refractivity contribution in [2.45, 2.75) is 70.8 Å². The molecule has 1 aromatic carbocycles. The van der Waals surface area contributed by atoms with Crippen molar-refractivity contribution in [3.63, 3.8) is 0 Å². The molecule has 0 aliphatic heterocycles. The van der Waals surface area contributed by atoms with Crippen LogP contribution in [0.25, 0.3) is 10.8 Å². The molecule has 0 radical (unpaired) electrons. The van der Waals surface area contributed by atoms with E-state index in [-0.39, 0.29) is 6.10 Å². The minimum atomic E-state index is -0.105. The normalized spacial score (nSPS) is 42.9. The lowest BCUT2D eigenvalue weighted by atomic mass is 9.50. The molecule has 2 nitrogen and oxygen atoms in total. The molecule has 8 atom stereocenters. The van der Waals surface area contributed by atoms with Crippen molar-refractivity contribution in [1.82, 2.24) is 4.98 Å². The first-order valence-electron chi connectivity index (χ1n) is 12.3. The van der Waals surface area contributed by atoms with Gasteiger partial charge >= 0.3 is 0 Å². The second-order valence-corrected chi connectivity index (χ2v) is 11.2. The van der Waals surface area contributed by atoms with E-state index < -0.39 is 0 Å². The smallest absolute Gasteiger partial charge is 0.0580 e. The molecular formula is C28H35NO. The quantitative estimate of drug-likeness (QED) is 0.553. The van der Waals surface area contributed by atoms with Gasteiger partial charge in [-0.1, -0.05) is 37.6 Å². The summed E-state index contributed by atoms with van der Waals surface area (Å²) in [6.45, 7) is 5.02. The fourth-order valence-electron chi connectivity index (χ4n) is 8.61. The van der Waals surface area contributed by atoms with Gasteiger partial charge in [0.2, 0.25) is 0 Å². The summed E-state index contributed by atoms with van der Waals surface area (Å²) in [7, 11) is 0. The summed E-state index contributed by atoms with van der Waals surface area (Å²) in [6, 6.07) is 9.25. The Morgan fingerprint density at radius 2 is 1.97 bits per heavy atom. The molecule has 2 aromatic rings. The summed E-state index contributed by atoms with van der Waals surface area (Å²) in [5, 5.41) is 12.9. The van der Waals surface area contributed by atoms with Crippen LogP contribution in [-0.2, 0) is 0 Å². The molecule has 0 saturated heterocycles. The van der Waals surface area contributed by atoms with Crippen LogP contribution in [-0.4, -0.2) is 16.2 Å². The lowest BCUT2D eigenvalue weighted by Gasteiger charge is -2.55. The Morgan fingerprint density at radius 1 is 1.07 bits per heavy atom. The second kappa shape index (κ2) is 6.92.